The highest BCUT2D eigenvalue weighted by molar-refractivity contribution is 7.12. The molecule has 18 heavy (non-hydrogen) atoms. The summed E-state index contributed by atoms with van der Waals surface area (Å²) in [5.41, 5.74) is 0. The minimum absolute atomic E-state index is 0.131. The molecule has 2 aromatic rings. The largest absolute Gasteiger partial charge is 0.319 e. The first kappa shape index (κ1) is 13.2. The van der Waals surface area contributed by atoms with Gasteiger partial charge < -0.3 is 5.32 Å². The number of thiophene rings is 1. The lowest BCUT2D eigenvalue weighted by Crippen LogP contribution is -2.20. The summed E-state index contributed by atoms with van der Waals surface area (Å²) in [6, 6.07) is 4.24. The summed E-state index contributed by atoms with van der Waals surface area (Å²) in [4.78, 5) is 6.37. The number of halogens is 2. The molecule has 0 radical (unpaired) electrons. The second kappa shape index (κ2) is 5.58. The van der Waals surface area contributed by atoms with Gasteiger partial charge >= 0.3 is 6.55 Å². The number of hydrogen-bond donors (Lipinski definition) is 1. The number of hydrogen-bond acceptors (Lipinski definition) is 3. The quantitative estimate of drug-likeness (QED) is 0.902. The molecule has 0 aliphatic rings. The average Bonchev–Trinajstić information content (AvgIpc) is 2.94. The Balaban J connectivity index is 1.97. The van der Waals surface area contributed by atoms with Crippen molar-refractivity contribution in [3.63, 3.8) is 0 Å². The van der Waals surface area contributed by atoms with Crippen LogP contribution in [0, 0.1) is 6.92 Å². The fourth-order valence-corrected chi connectivity index (χ4v) is 2.59. The SMILES string of the molecule is Cc1ccc(C(C)NCc2nccn2C(F)F)s1. The van der Waals surface area contributed by atoms with Crippen LogP contribution in [0.2, 0.25) is 0 Å². The Morgan fingerprint density at radius 3 is 2.83 bits per heavy atom. The molecule has 1 N–H and O–H groups in total. The minimum Gasteiger partial charge on any atom is -0.302 e. The normalized spacial score (nSPS) is 13.2. The zero-order valence-electron chi connectivity index (χ0n) is 10.2. The Morgan fingerprint density at radius 1 is 1.44 bits per heavy atom. The lowest BCUT2D eigenvalue weighted by atomic mass is 10.2. The van der Waals surface area contributed by atoms with Crippen molar-refractivity contribution in [2.45, 2.75) is 33.0 Å². The molecule has 1 unspecified atom stereocenters. The number of aromatic nitrogens is 2. The van der Waals surface area contributed by atoms with Crippen molar-refractivity contribution in [2.24, 2.45) is 0 Å². The number of aryl methyl sites for hydroxylation is 1. The standard InChI is InChI=1S/C12H15F2N3S/c1-8-3-4-10(18-8)9(2)16-7-11-15-5-6-17(11)12(13)14/h3-6,9,12,16H,7H2,1-2H3. The minimum atomic E-state index is -2.54. The summed E-state index contributed by atoms with van der Waals surface area (Å²) in [5, 5.41) is 3.20. The fraction of sp³-hybridized carbons (Fsp3) is 0.417. The molecule has 3 nitrogen and oxygen atoms in total. The molecule has 0 amide bonds. The third kappa shape index (κ3) is 2.94. The lowest BCUT2D eigenvalue weighted by Gasteiger charge is -2.12. The zero-order valence-corrected chi connectivity index (χ0v) is 11.0. The van der Waals surface area contributed by atoms with Gasteiger partial charge in [-0.2, -0.15) is 8.78 Å². The maximum atomic E-state index is 12.6. The number of nitrogens with one attached hydrogen (secondary N) is 1. The Hall–Kier alpha value is -1.27. The third-order valence-corrected chi connectivity index (χ3v) is 3.90. The highest BCUT2D eigenvalue weighted by atomic mass is 32.1. The van der Waals surface area contributed by atoms with Gasteiger partial charge in [0, 0.05) is 28.2 Å². The molecule has 0 aliphatic heterocycles. The van der Waals surface area contributed by atoms with Crippen LogP contribution in [0.4, 0.5) is 8.78 Å². The molecule has 0 fully saturated rings. The smallest absolute Gasteiger partial charge is 0.302 e. The van der Waals surface area contributed by atoms with E-state index in [4.69, 9.17) is 0 Å². The van der Waals surface area contributed by atoms with Gasteiger partial charge in [-0.25, -0.2) is 4.98 Å². The molecular weight excluding hydrogens is 256 g/mol. The molecule has 0 saturated heterocycles. The van der Waals surface area contributed by atoms with E-state index in [0.29, 0.717) is 12.4 Å². The first-order valence-corrected chi connectivity index (χ1v) is 6.49. The summed E-state index contributed by atoms with van der Waals surface area (Å²) < 4.78 is 26.1. The van der Waals surface area contributed by atoms with Crippen molar-refractivity contribution in [2.75, 3.05) is 0 Å². The van der Waals surface area contributed by atoms with Crippen LogP contribution >= 0.6 is 11.3 Å². The van der Waals surface area contributed by atoms with Gasteiger partial charge in [-0.1, -0.05) is 0 Å². The molecule has 2 aromatic heterocycles. The van der Waals surface area contributed by atoms with E-state index in [-0.39, 0.29) is 6.04 Å². The first-order valence-electron chi connectivity index (χ1n) is 5.67. The first-order chi connectivity index (χ1) is 8.58. The molecule has 0 bridgehead atoms. The van der Waals surface area contributed by atoms with Crippen molar-refractivity contribution in [3.8, 4) is 0 Å². The van der Waals surface area contributed by atoms with E-state index in [1.54, 1.807) is 11.3 Å². The topological polar surface area (TPSA) is 29.9 Å². The molecule has 6 heteroatoms. The van der Waals surface area contributed by atoms with Gasteiger partial charge in [0.1, 0.15) is 5.82 Å². The van der Waals surface area contributed by atoms with Gasteiger partial charge in [-0.3, -0.25) is 4.57 Å². The zero-order chi connectivity index (χ0) is 13.1. The average molecular weight is 271 g/mol. The van der Waals surface area contributed by atoms with E-state index < -0.39 is 6.55 Å². The van der Waals surface area contributed by atoms with Crippen LogP contribution in [0.1, 0.15) is 35.1 Å². The van der Waals surface area contributed by atoms with E-state index in [9.17, 15) is 8.78 Å². The van der Waals surface area contributed by atoms with Crippen LogP contribution in [0.5, 0.6) is 0 Å². The Bertz CT molecular complexity index is 507. The van der Waals surface area contributed by atoms with Crippen LogP contribution in [0.25, 0.3) is 0 Å². The number of rotatable bonds is 5. The molecule has 2 rings (SSSR count). The second-order valence-corrected chi connectivity index (χ2v) is 5.40. The number of nitrogens with zero attached hydrogens (tertiary/aromatic N) is 2. The van der Waals surface area contributed by atoms with Gasteiger partial charge in [-0.15, -0.1) is 11.3 Å². The molecule has 0 spiro atoms. The molecule has 98 valence electrons. The maximum Gasteiger partial charge on any atom is 0.319 e. The summed E-state index contributed by atoms with van der Waals surface area (Å²) in [6.45, 7) is 1.85. The molecular formula is C12H15F2N3S. The summed E-state index contributed by atoms with van der Waals surface area (Å²) >= 11 is 1.71. The van der Waals surface area contributed by atoms with Crippen molar-refractivity contribution in [3.05, 3.63) is 40.1 Å². The molecule has 0 aromatic carbocycles. The summed E-state index contributed by atoms with van der Waals surface area (Å²) in [6.07, 6.45) is 2.69. The fourth-order valence-electron chi connectivity index (χ4n) is 1.69. The van der Waals surface area contributed by atoms with Crippen LogP contribution in [0.15, 0.2) is 24.5 Å². The van der Waals surface area contributed by atoms with Crippen LogP contribution in [0.3, 0.4) is 0 Å². The summed E-state index contributed by atoms with van der Waals surface area (Å²) in [7, 11) is 0. The van der Waals surface area contributed by atoms with E-state index in [2.05, 4.69) is 22.4 Å². The predicted molar refractivity (Wildman–Crippen MR) is 67.8 cm³/mol. The van der Waals surface area contributed by atoms with Crippen molar-refractivity contribution in [1.29, 1.82) is 0 Å². The van der Waals surface area contributed by atoms with Crippen molar-refractivity contribution in [1.82, 2.24) is 14.9 Å². The second-order valence-electron chi connectivity index (χ2n) is 4.08. The van der Waals surface area contributed by atoms with E-state index in [1.807, 2.05) is 13.8 Å². The molecule has 0 saturated carbocycles. The third-order valence-electron chi connectivity index (χ3n) is 2.71. The monoisotopic (exact) mass is 271 g/mol. The molecule has 2 heterocycles. The van der Waals surface area contributed by atoms with Gasteiger partial charge in [-0.05, 0) is 26.0 Å². The lowest BCUT2D eigenvalue weighted by molar-refractivity contribution is 0.0665. The van der Waals surface area contributed by atoms with Crippen molar-refractivity contribution >= 4 is 11.3 Å². The Labute approximate surface area is 108 Å². The Kier molecular flexibility index (Phi) is 4.08. The van der Waals surface area contributed by atoms with Gasteiger partial charge in [0.05, 0.1) is 6.54 Å². The van der Waals surface area contributed by atoms with Crippen LogP contribution < -0.4 is 5.32 Å². The Morgan fingerprint density at radius 2 is 2.22 bits per heavy atom. The van der Waals surface area contributed by atoms with Gasteiger partial charge in [0.2, 0.25) is 0 Å². The maximum absolute atomic E-state index is 12.6. The van der Waals surface area contributed by atoms with E-state index in [0.717, 1.165) is 4.57 Å². The highest BCUT2D eigenvalue weighted by Gasteiger charge is 2.13. The predicted octanol–water partition coefficient (Wildman–Crippen LogP) is 3.50. The van der Waals surface area contributed by atoms with E-state index >= 15 is 0 Å². The number of imidazole rings is 1. The van der Waals surface area contributed by atoms with E-state index in [1.165, 1.54) is 22.1 Å². The summed E-state index contributed by atoms with van der Waals surface area (Å²) in [5.74, 6) is 0.352. The van der Waals surface area contributed by atoms with Gasteiger partial charge in [0.25, 0.3) is 0 Å². The highest BCUT2D eigenvalue weighted by Crippen LogP contribution is 2.22. The van der Waals surface area contributed by atoms with Crippen molar-refractivity contribution < 1.29 is 8.78 Å². The molecule has 1 atom stereocenters. The molecule has 0 aliphatic carbocycles. The van der Waals surface area contributed by atoms with Crippen LogP contribution in [-0.4, -0.2) is 9.55 Å². The van der Waals surface area contributed by atoms with Crippen LogP contribution in [-0.2, 0) is 6.54 Å². The van der Waals surface area contributed by atoms with Gasteiger partial charge in [0.15, 0.2) is 0 Å². The number of alkyl halides is 2.